The Morgan fingerprint density at radius 1 is 1.17 bits per heavy atom. The average molecular weight is 150 g/mol. The van der Waals surface area contributed by atoms with Gasteiger partial charge in [0.25, 0.3) is 0 Å². The molecule has 0 amide bonds. The Bertz CT molecular complexity index is 9.51. The molecule has 0 N–H and O–H groups in total. The molecule has 0 bridgehead atoms. The molecule has 0 nitrogen and oxygen atoms in total. The van der Waals surface area contributed by atoms with Crippen LogP contribution in [0.3, 0.4) is 0 Å². The Morgan fingerprint density at radius 2 is 1.33 bits per heavy atom. The van der Waals surface area contributed by atoms with Crippen LogP contribution in [0.2, 0.25) is 0 Å². The van der Waals surface area contributed by atoms with E-state index >= 15 is 0 Å². The van der Waals surface area contributed by atoms with E-state index in [0.29, 0.717) is 0 Å². The fourth-order valence-electron chi connectivity index (χ4n) is 0. The molecule has 0 aliphatic rings. The van der Waals surface area contributed by atoms with Gasteiger partial charge in [-0.05, 0) is 0 Å². The Labute approximate surface area is 52.1 Å². The van der Waals surface area contributed by atoms with Gasteiger partial charge in [-0.3, -0.25) is 0 Å². The molecule has 0 aliphatic heterocycles. The standard InChI is InChI=1S/C4H8.ClH.Co/c1-3-4-2;;/h1-4H2;1H;/q-2;;+3/p-1. The molecule has 0 heterocycles. The first kappa shape index (κ1) is 9.93. The molecular weight excluding hydrogens is 142 g/mol. The second-order valence-electron chi connectivity index (χ2n) is 0.707. The van der Waals surface area contributed by atoms with E-state index < -0.39 is 0 Å². The zero-order valence-corrected chi connectivity index (χ0v) is 5.34. The molecule has 0 spiro atoms. The zero-order chi connectivity index (χ0) is 5.41. The molecule has 0 atom stereocenters. The first-order valence-electron chi connectivity index (χ1n) is 1.63. The Kier molecular flexibility index (Phi) is 28.2. The van der Waals surface area contributed by atoms with Gasteiger partial charge in [-0.1, -0.05) is 0 Å². The van der Waals surface area contributed by atoms with Crippen LogP contribution in [-0.4, -0.2) is 0 Å². The van der Waals surface area contributed by atoms with Crippen molar-refractivity contribution in [1.82, 2.24) is 0 Å². The summed E-state index contributed by atoms with van der Waals surface area (Å²) in [6, 6.07) is 0. The predicted molar refractivity (Wildman–Crippen MR) is 25.8 cm³/mol. The van der Waals surface area contributed by atoms with Gasteiger partial charge in [-0.2, -0.15) is 0 Å². The third kappa shape index (κ3) is 21.4. The summed E-state index contributed by atoms with van der Waals surface area (Å²) in [6.07, 6.45) is 1.92. The summed E-state index contributed by atoms with van der Waals surface area (Å²) in [5.41, 5.74) is 0. The normalized spacial score (nSPS) is 6.00. The van der Waals surface area contributed by atoms with Crippen molar-refractivity contribution in [1.29, 1.82) is 0 Å². The summed E-state index contributed by atoms with van der Waals surface area (Å²) in [5, 5.41) is 0. The van der Waals surface area contributed by atoms with E-state index in [1.807, 2.05) is 0 Å². The fraction of sp³-hybridized carbons (Fsp3) is 0.500. The van der Waals surface area contributed by atoms with E-state index in [4.69, 9.17) is 0 Å². The average Bonchev–Trinajstić information content (AvgIpc) is 1.72. The van der Waals surface area contributed by atoms with Crippen molar-refractivity contribution in [2.24, 2.45) is 0 Å². The minimum atomic E-state index is 0.958. The molecule has 0 unspecified atom stereocenters. The first-order valence-corrected chi connectivity index (χ1v) is 3.06. The topological polar surface area (TPSA) is 0 Å². The van der Waals surface area contributed by atoms with Crippen LogP contribution in [0.4, 0.5) is 0 Å². The van der Waals surface area contributed by atoms with Crippen LogP contribution < -0.4 is 0 Å². The molecular formula is C4H8ClCo. The van der Waals surface area contributed by atoms with Gasteiger partial charge in [0.15, 0.2) is 0 Å². The number of hydrogen-bond donors (Lipinski definition) is 0. The number of hydrogen-bond acceptors (Lipinski definition) is 0. The predicted octanol–water partition coefficient (Wildman–Crippen LogP) is 2.12. The van der Waals surface area contributed by atoms with Crippen molar-refractivity contribution in [3.63, 3.8) is 0 Å². The maximum atomic E-state index is 4.33. The van der Waals surface area contributed by atoms with Crippen LogP contribution in [0.1, 0.15) is 12.8 Å². The van der Waals surface area contributed by atoms with Gasteiger partial charge in [0.05, 0.1) is 0 Å². The van der Waals surface area contributed by atoms with Gasteiger partial charge in [0.1, 0.15) is 0 Å². The summed E-state index contributed by atoms with van der Waals surface area (Å²) >= 11 is 3.03. The molecule has 0 radical (unpaired) electrons. The molecule has 6 heavy (non-hydrogen) atoms. The van der Waals surface area contributed by atoms with Crippen LogP contribution in [0.25, 0.3) is 0 Å². The van der Waals surface area contributed by atoms with Gasteiger partial charge in [-0.25, -0.2) is 12.8 Å². The van der Waals surface area contributed by atoms with Gasteiger partial charge in [0.2, 0.25) is 0 Å². The number of rotatable bonds is 1. The minimum absolute atomic E-state index is 0.958. The molecule has 0 aromatic carbocycles. The molecule has 0 aromatic rings. The van der Waals surface area contributed by atoms with E-state index in [0.717, 1.165) is 12.8 Å². The quantitative estimate of drug-likeness (QED) is 0.503. The van der Waals surface area contributed by atoms with E-state index in [9.17, 15) is 0 Å². The van der Waals surface area contributed by atoms with Gasteiger partial charge in [-0.15, -0.1) is 0 Å². The zero-order valence-electron chi connectivity index (χ0n) is 3.54. The van der Waals surface area contributed by atoms with Crippen LogP contribution >= 0.6 is 10.1 Å². The third-order valence-electron chi connectivity index (χ3n) is 0.250. The molecule has 40 valence electrons. The first-order chi connectivity index (χ1) is 2.91. The van der Waals surface area contributed by atoms with E-state index in [1.165, 1.54) is 0 Å². The third-order valence-corrected chi connectivity index (χ3v) is 0.250. The molecule has 2 heteroatoms. The molecule has 0 fully saturated rings. The summed E-state index contributed by atoms with van der Waals surface area (Å²) in [5.74, 6) is 0. The number of unbranched alkanes of at least 4 members (excludes halogenated alkanes) is 1. The molecule has 0 rings (SSSR count). The monoisotopic (exact) mass is 150 g/mol. The van der Waals surface area contributed by atoms with Crippen molar-refractivity contribution < 1.29 is 14.8 Å². The summed E-state index contributed by atoms with van der Waals surface area (Å²) in [6.45, 7) is 7.08. The summed E-state index contributed by atoms with van der Waals surface area (Å²) in [7, 11) is 4.33. The van der Waals surface area contributed by atoms with Crippen molar-refractivity contribution >= 4 is 10.1 Å². The molecule has 0 saturated carbocycles. The Balaban J connectivity index is 0. The summed E-state index contributed by atoms with van der Waals surface area (Å²) in [4.78, 5) is 0. The Morgan fingerprint density at radius 3 is 1.33 bits per heavy atom. The van der Waals surface area contributed by atoms with Gasteiger partial charge in [0, 0.05) is 0 Å². The Hall–Kier alpha value is 0.796. The van der Waals surface area contributed by atoms with Crippen LogP contribution in [0.15, 0.2) is 0 Å². The van der Waals surface area contributed by atoms with Gasteiger partial charge >= 0.3 is 25.0 Å². The van der Waals surface area contributed by atoms with Crippen LogP contribution in [0, 0.1) is 13.8 Å². The fourth-order valence-corrected chi connectivity index (χ4v) is 0. The second kappa shape index (κ2) is 17.1. The van der Waals surface area contributed by atoms with Crippen LogP contribution in [0.5, 0.6) is 0 Å². The maximum absolute atomic E-state index is 4.33. The molecule has 0 aliphatic carbocycles. The van der Waals surface area contributed by atoms with E-state index in [1.54, 1.807) is 0 Å². The van der Waals surface area contributed by atoms with Crippen molar-refractivity contribution in [3.8, 4) is 0 Å². The molecule has 0 saturated heterocycles. The van der Waals surface area contributed by atoms with Crippen molar-refractivity contribution in [3.05, 3.63) is 13.8 Å². The second-order valence-corrected chi connectivity index (χ2v) is 0.707. The van der Waals surface area contributed by atoms with E-state index in [-0.39, 0.29) is 0 Å². The van der Waals surface area contributed by atoms with Crippen molar-refractivity contribution in [2.75, 3.05) is 0 Å². The van der Waals surface area contributed by atoms with Crippen molar-refractivity contribution in [2.45, 2.75) is 12.8 Å². The SMILES string of the molecule is [CH2-]CC[CH2-].[Cl][Co+2]. The van der Waals surface area contributed by atoms with Gasteiger partial charge < -0.3 is 13.8 Å². The summed E-state index contributed by atoms with van der Waals surface area (Å²) < 4.78 is 0. The van der Waals surface area contributed by atoms with Crippen LogP contribution in [-0.2, 0) is 14.8 Å². The molecule has 0 aromatic heterocycles. The van der Waals surface area contributed by atoms with E-state index in [2.05, 4.69) is 38.8 Å². The number of halogens is 1.